The molecule has 1 atom stereocenters. The normalized spacial score (nSPS) is 18.2. The number of aromatic nitrogens is 3. The van der Waals surface area contributed by atoms with Crippen molar-refractivity contribution in [2.45, 2.75) is 31.7 Å². The fraction of sp³-hybridized carbons (Fsp3) is 0.429. The Labute approximate surface area is 172 Å². The predicted octanol–water partition coefficient (Wildman–Crippen LogP) is 2.64. The minimum atomic E-state index is -0.590. The summed E-state index contributed by atoms with van der Waals surface area (Å²) in [5, 5.41) is 5.64. The molecule has 5 rings (SSSR count). The summed E-state index contributed by atoms with van der Waals surface area (Å²) in [6, 6.07) is 11.0. The highest BCUT2D eigenvalue weighted by atomic mass is 32.1. The third-order valence-corrected chi connectivity index (χ3v) is 6.63. The molecule has 1 saturated carbocycles. The summed E-state index contributed by atoms with van der Waals surface area (Å²) in [7, 11) is 0. The standard InChI is InChI=1S/C21H23N5O2S/c1-14(26-19(27)9-8-17(22-26)15-6-7-15)21(28)25-12-10-24(11-13-25)20-16-4-2-3-5-18(16)29-23-20/h2-5,8-9,14-15H,6-7,10-13H2,1H3. The molecule has 2 aromatic heterocycles. The lowest BCUT2D eigenvalue weighted by Crippen LogP contribution is -2.51. The van der Waals surface area contributed by atoms with Crippen LogP contribution in [-0.4, -0.2) is 51.1 Å². The molecule has 2 fully saturated rings. The Morgan fingerprint density at radius 1 is 1.10 bits per heavy atom. The second-order valence-electron chi connectivity index (χ2n) is 7.81. The van der Waals surface area contributed by atoms with E-state index in [4.69, 9.17) is 0 Å². The molecule has 1 amide bonds. The molecule has 0 radical (unpaired) electrons. The maximum absolute atomic E-state index is 13.0. The van der Waals surface area contributed by atoms with Crippen LogP contribution in [0, 0.1) is 0 Å². The lowest BCUT2D eigenvalue weighted by Gasteiger charge is -2.36. The Bertz CT molecular complexity index is 1110. The van der Waals surface area contributed by atoms with E-state index in [1.54, 1.807) is 13.0 Å². The average molecular weight is 410 g/mol. The molecule has 3 aromatic rings. The van der Waals surface area contributed by atoms with Gasteiger partial charge in [-0.2, -0.15) is 9.47 Å². The first kappa shape index (κ1) is 18.3. The molecule has 1 saturated heterocycles. The summed E-state index contributed by atoms with van der Waals surface area (Å²) < 4.78 is 7.16. The fourth-order valence-electron chi connectivity index (χ4n) is 3.92. The van der Waals surface area contributed by atoms with Crippen molar-refractivity contribution in [3.05, 3.63) is 52.4 Å². The van der Waals surface area contributed by atoms with E-state index in [0.717, 1.165) is 37.4 Å². The predicted molar refractivity (Wildman–Crippen MR) is 114 cm³/mol. The van der Waals surface area contributed by atoms with Gasteiger partial charge in [0.1, 0.15) is 11.9 Å². The third-order valence-electron chi connectivity index (χ3n) is 5.81. The summed E-state index contributed by atoms with van der Waals surface area (Å²) >= 11 is 1.51. The van der Waals surface area contributed by atoms with Crippen LogP contribution in [0.5, 0.6) is 0 Å². The summed E-state index contributed by atoms with van der Waals surface area (Å²) in [4.78, 5) is 29.4. The average Bonchev–Trinajstić information content (AvgIpc) is 3.52. The van der Waals surface area contributed by atoms with E-state index < -0.39 is 6.04 Å². The first-order valence-corrected chi connectivity index (χ1v) is 10.9. The molecule has 0 bridgehead atoms. The van der Waals surface area contributed by atoms with E-state index in [1.807, 2.05) is 17.0 Å². The van der Waals surface area contributed by atoms with Gasteiger partial charge in [-0.1, -0.05) is 12.1 Å². The van der Waals surface area contributed by atoms with Crippen molar-refractivity contribution in [3.63, 3.8) is 0 Å². The molecular formula is C21H23N5O2S. The zero-order valence-corrected chi connectivity index (χ0v) is 17.1. The molecule has 2 aliphatic rings. The van der Waals surface area contributed by atoms with Gasteiger partial charge in [0, 0.05) is 43.5 Å². The quantitative estimate of drug-likeness (QED) is 0.663. The first-order valence-electron chi connectivity index (χ1n) is 10.1. The smallest absolute Gasteiger partial charge is 0.267 e. The zero-order chi connectivity index (χ0) is 20.0. The lowest BCUT2D eigenvalue weighted by molar-refractivity contribution is -0.135. The lowest BCUT2D eigenvalue weighted by atomic mass is 10.2. The summed E-state index contributed by atoms with van der Waals surface area (Å²) in [5.41, 5.74) is 0.701. The number of benzene rings is 1. The molecule has 3 heterocycles. The van der Waals surface area contributed by atoms with Crippen molar-refractivity contribution in [2.24, 2.45) is 0 Å². The topological polar surface area (TPSA) is 71.3 Å². The second-order valence-corrected chi connectivity index (χ2v) is 8.61. The summed E-state index contributed by atoms with van der Waals surface area (Å²) in [6.07, 6.45) is 2.22. The number of hydrogen-bond donors (Lipinski definition) is 0. The number of hydrogen-bond acceptors (Lipinski definition) is 6. The van der Waals surface area contributed by atoms with Crippen LogP contribution in [0.15, 0.2) is 41.2 Å². The van der Waals surface area contributed by atoms with Gasteiger partial charge in [-0.3, -0.25) is 9.59 Å². The number of amides is 1. The Balaban J connectivity index is 1.29. The van der Waals surface area contributed by atoms with Crippen LogP contribution < -0.4 is 10.5 Å². The molecule has 1 aromatic carbocycles. The number of piperazine rings is 1. The number of nitrogens with zero attached hydrogens (tertiary/aromatic N) is 5. The van der Waals surface area contributed by atoms with Gasteiger partial charge in [0.2, 0.25) is 5.91 Å². The third kappa shape index (κ3) is 3.42. The summed E-state index contributed by atoms with van der Waals surface area (Å²) in [5.74, 6) is 1.40. The van der Waals surface area contributed by atoms with E-state index in [-0.39, 0.29) is 11.5 Å². The Hall–Kier alpha value is -2.74. The van der Waals surface area contributed by atoms with Crippen LogP contribution in [0.25, 0.3) is 10.1 Å². The van der Waals surface area contributed by atoms with Gasteiger partial charge in [0.05, 0.1) is 10.4 Å². The SMILES string of the molecule is CC(C(=O)N1CCN(c2nsc3ccccc23)CC1)n1nc(C2CC2)ccc1=O. The highest BCUT2D eigenvalue weighted by Gasteiger charge is 2.30. The zero-order valence-electron chi connectivity index (χ0n) is 16.3. The monoisotopic (exact) mass is 409 g/mol. The van der Waals surface area contributed by atoms with Crippen LogP contribution in [0.2, 0.25) is 0 Å². The van der Waals surface area contributed by atoms with Crippen molar-refractivity contribution >= 4 is 33.3 Å². The van der Waals surface area contributed by atoms with E-state index in [9.17, 15) is 9.59 Å². The van der Waals surface area contributed by atoms with E-state index >= 15 is 0 Å². The maximum Gasteiger partial charge on any atom is 0.267 e. The highest BCUT2D eigenvalue weighted by Crippen LogP contribution is 2.38. The molecule has 7 nitrogen and oxygen atoms in total. The van der Waals surface area contributed by atoms with Crippen LogP contribution >= 0.6 is 11.5 Å². The van der Waals surface area contributed by atoms with Crippen molar-refractivity contribution in [1.29, 1.82) is 0 Å². The molecule has 8 heteroatoms. The number of fused-ring (bicyclic) bond motifs is 1. The minimum Gasteiger partial charge on any atom is -0.352 e. The number of rotatable bonds is 4. The van der Waals surface area contributed by atoms with Gasteiger partial charge < -0.3 is 9.80 Å². The molecule has 1 unspecified atom stereocenters. The van der Waals surface area contributed by atoms with Crippen molar-refractivity contribution in [2.75, 3.05) is 31.1 Å². The van der Waals surface area contributed by atoms with Crippen molar-refractivity contribution < 1.29 is 4.79 Å². The largest absolute Gasteiger partial charge is 0.352 e. The van der Waals surface area contributed by atoms with Crippen molar-refractivity contribution in [3.8, 4) is 0 Å². The fourth-order valence-corrected chi connectivity index (χ4v) is 4.72. The number of carbonyl (C=O) groups excluding carboxylic acids is 1. The Morgan fingerprint density at radius 3 is 2.62 bits per heavy atom. The van der Waals surface area contributed by atoms with Crippen LogP contribution in [0.4, 0.5) is 5.82 Å². The van der Waals surface area contributed by atoms with Crippen LogP contribution in [0.3, 0.4) is 0 Å². The van der Waals surface area contributed by atoms with E-state index in [2.05, 4.69) is 26.5 Å². The molecule has 0 spiro atoms. The van der Waals surface area contributed by atoms with Gasteiger partial charge >= 0.3 is 0 Å². The molecular weight excluding hydrogens is 386 g/mol. The highest BCUT2D eigenvalue weighted by molar-refractivity contribution is 7.13. The maximum atomic E-state index is 13.0. The minimum absolute atomic E-state index is 0.0460. The van der Waals surface area contributed by atoms with E-state index in [0.29, 0.717) is 19.0 Å². The van der Waals surface area contributed by atoms with Crippen LogP contribution in [0.1, 0.15) is 37.4 Å². The molecule has 1 aliphatic heterocycles. The number of carbonyl (C=O) groups is 1. The van der Waals surface area contributed by atoms with Gasteiger partial charge in [0.15, 0.2) is 0 Å². The second kappa shape index (κ2) is 7.26. The van der Waals surface area contributed by atoms with Gasteiger partial charge in [-0.15, -0.1) is 0 Å². The van der Waals surface area contributed by atoms with Gasteiger partial charge in [-0.05, 0) is 49.5 Å². The van der Waals surface area contributed by atoms with Crippen LogP contribution in [-0.2, 0) is 4.79 Å². The molecule has 1 aliphatic carbocycles. The Morgan fingerprint density at radius 2 is 1.86 bits per heavy atom. The molecule has 0 N–H and O–H groups in total. The van der Waals surface area contributed by atoms with Gasteiger partial charge in [0.25, 0.3) is 5.56 Å². The summed E-state index contributed by atoms with van der Waals surface area (Å²) in [6.45, 7) is 4.47. The van der Waals surface area contributed by atoms with E-state index in [1.165, 1.54) is 32.4 Å². The molecule has 150 valence electrons. The first-order chi connectivity index (χ1) is 14.1. The molecule has 29 heavy (non-hydrogen) atoms. The number of anilines is 1. The Kier molecular flexibility index (Phi) is 4.58. The van der Waals surface area contributed by atoms with Crippen molar-refractivity contribution in [1.82, 2.24) is 19.1 Å². The van der Waals surface area contributed by atoms with Gasteiger partial charge in [-0.25, -0.2) is 4.68 Å².